The molecule has 178 valence electrons. The van der Waals surface area contributed by atoms with Crippen molar-refractivity contribution < 1.29 is 4.79 Å². The van der Waals surface area contributed by atoms with Crippen LogP contribution in [0.5, 0.6) is 0 Å². The van der Waals surface area contributed by atoms with Gasteiger partial charge in [-0.3, -0.25) is 4.79 Å². The number of fused-ring (bicyclic) bond motifs is 2. The number of nitrogens with one attached hydrogen (secondary N) is 3. The molecule has 2 bridgehead atoms. The van der Waals surface area contributed by atoms with E-state index < -0.39 is 0 Å². The maximum Gasteiger partial charge on any atom is 0.270 e. The van der Waals surface area contributed by atoms with Crippen LogP contribution in [0, 0.1) is 16.7 Å². The molecule has 2 saturated carbocycles. The number of carbonyl (C=O) groups is 1. The fourth-order valence-electron chi connectivity index (χ4n) is 5.66. The first-order chi connectivity index (χ1) is 15.7. The van der Waals surface area contributed by atoms with Crippen LogP contribution in [0.15, 0.2) is 36.5 Å². The van der Waals surface area contributed by atoms with Gasteiger partial charge in [-0.15, -0.1) is 0 Å². The fraction of sp³-hybridized carbons (Fsp3) is 0.577. The number of hydrogen-bond donors (Lipinski definition) is 3. The Bertz CT molecular complexity index is 990. The van der Waals surface area contributed by atoms with Crippen molar-refractivity contribution in [2.45, 2.75) is 52.5 Å². The molecule has 7 heteroatoms. The van der Waals surface area contributed by atoms with Crippen LogP contribution in [0.1, 0.15) is 56.9 Å². The number of hydrogen-bond acceptors (Lipinski definition) is 6. The largest absolute Gasteiger partial charge is 0.385 e. The Labute approximate surface area is 197 Å². The first-order valence-corrected chi connectivity index (χ1v) is 12.1. The molecule has 1 aromatic carbocycles. The molecule has 1 aromatic heterocycles. The lowest BCUT2D eigenvalue weighted by molar-refractivity contribution is 0.0821. The van der Waals surface area contributed by atoms with Gasteiger partial charge in [0.1, 0.15) is 5.69 Å². The number of carbonyl (C=O) groups excluding carboxylic acids is 1. The minimum atomic E-state index is -0.119. The Morgan fingerprint density at radius 2 is 1.97 bits per heavy atom. The van der Waals surface area contributed by atoms with Gasteiger partial charge in [-0.05, 0) is 87.3 Å². The Kier molecular flexibility index (Phi) is 6.61. The molecule has 2 fully saturated rings. The van der Waals surface area contributed by atoms with E-state index in [1.54, 1.807) is 12.3 Å². The third kappa shape index (κ3) is 4.83. The lowest BCUT2D eigenvalue weighted by atomic mass is 9.69. The first kappa shape index (κ1) is 23.5. The molecule has 0 spiro atoms. The van der Waals surface area contributed by atoms with Gasteiger partial charge in [0, 0.05) is 30.2 Å². The molecule has 1 amide bonds. The summed E-state index contributed by atoms with van der Waals surface area (Å²) in [6.45, 7) is 9.00. The second kappa shape index (κ2) is 9.29. The highest BCUT2D eigenvalue weighted by molar-refractivity contribution is 5.92. The summed E-state index contributed by atoms with van der Waals surface area (Å²) in [5.41, 5.74) is 2.72. The van der Waals surface area contributed by atoms with Crippen molar-refractivity contribution >= 4 is 23.2 Å². The van der Waals surface area contributed by atoms with Crippen LogP contribution in [0.4, 0.5) is 17.3 Å². The van der Waals surface area contributed by atoms with E-state index >= 15 is 0 Å². The second-order valence-electron chi connectivity index (χ2n) is 10.7. The number of benzene rings is 1. The minimum Gasteiger partial charge on any atom is -0.385 e. The third-order valence-corrected chi connectivity index (χ3v) is 8.22. The van der Waals surface area contributed by atoms with E-state index in [4.69, 9.17) is 0 Å². The summed E-state index contributed by atoms with van der Waals surface area (Å²) in [5, 5.41) is 9.98. The minimum absolute atomic E-state index is 0.119. The van der Waals surface area contributed by atoms with Gasteiger partial charge in [-0.25, -0.2) is 9.97 Å². The summed E-state index contributed by atoms with van der Waals surface area (Å²) in [5.74, 6) is 0.984. The van der Waals surface area contributed by atoms with Crippen molar-refractivity contribution in [2.75, 3.05) is 37.8 Å². The van der Waals surface area contributed by atoms with E-state index in [0.717, 1.165) is 37.3 Å². The Morgan fingerprint density at radius 1 is 1.18 bits per heavy atom. The highest BCUT2D eigenvalue weighted by Crippen LogP contribution is 2.65. The molecule has 2 aliphatic rings. The fourth-order valence-corrected chi connectivity index (χ4v) is 5.66. The molecular formula is C26H38N6O. The van der Waals surface area contributed by atoms with Crippen LogP contribution >= 0.6 is 0 Å². The van der Waals surface area contributed by atoms with E-state index in [1.807, 2.05) is 24.3 Å². The van der Waals surface area contributed by atoms with Gasteiger partial charge < -0.3 is 20.9 Å². The number of amides is 1. The summed E-state index contributed by atoms with van der Waals surface area (Å²) in [7, 11) is 4.16. The smallest absolute Gasteiger partial charge is 0.270 e. The molecule has 2 aliphatic carbocycles. The normalized spacial score (nSPS) is 25.3. The van der Waals surface area contributed by atoms with Crippen molar-refractivity contribution in [3.05, 3.63) is 42.2 Å². The molecule has 33 heavy (non-hydrogen) atoms. The second-order valence-corrected chi connectivity index (χ2v) is 10.7. The van der Waals surface area contributed by atoms with Crippen molar-refractivity contribution in [1.29, 1.82) is 0 Å². The molecule has 3 unspecified atom stereocenters. The average molecular weight is 451 g/mol. The topological polar surface area (TPSA) is 82.2 Å². The molecule has 7 nitrogen and oxygen atoms in total. The zero-order valence-corrected chi connectivity index (χ0v) is 20.6. The summed E-state index contributed by atoms with van der Waals surface area (Å²) >= 11 is 0. The summed E-state index contributed by atoms with van der Waals surface area (Å²) in [6.07, 6.45) is 6.20. The highest BCUT2D eigenvalue weighted by Gasteiger charge is 2.61. The van der Waals surface area contributed by atoms with E-state index in [1.165, 1.54) is 12.8 Å². The van der Waals surface area contributed by atoms with Gasteiger partial charge in [-0.2, -0.15) is 0 Å². The number of anilines is 3. The van der Waals surface area contributed by atoms with Gasteiger partial charge in [0.2, 0.25) is 5.95 Å². The molecule has 1 heterocycles. The summed E-state index contributed by atoms with van der Waals surface area (Å²) in [4.78, 5) is 24.0. The summed E-state index contributed by atoms with van der Waals surface area (Å²) < 4.78 is 0. The third-order valence-electron chi connectivity index (χ3n) is 8.22. The summed E-state index contributed by atoms with van der Waals surface area (Å²) in [6, 6.07) is 9.92. The van der Waals surface area contributed by atoms with Crippen LogP contribution in [0.2, 0.25) is 0 Å². The Morgan fingerprint density at radius 3 is 2.67 bits per heavy atom. The van der Waals surface area contributed by atoms with Gasteiger partial charge in [0.15, 0.2) is 0 Å². The zero-order valence-electron chi connectivity index (χ0n) is 20.6. The lowest BCUT2D eigenvalue weighted by Gasteiger charge is -2.39. The van der Waals surface area contributed by atoms with Crippen molar-refractivity contribution in [3.63, 3.8) is 0 Å². The number of nitrogens with zero attached hydrogens (tertiary/aromatic N) is 3. The molecular weight excluding hydrogens is 412 g/mol. The predicted molar refractivity (Wildman–Crippen MR) is 134 cm³/mol. The average Bonchev–Trinajstić information content (AvgIpc) is 3.11. The standard InChI is InChI=1S/C26H38N6O/c1-25(2)18-10-12-26(25,3)22(16-18)31-23(33)21-11-14-28-24(30-21)29-20-9-6-8-19(17-20)27-13-7-15-32(4)5/h6,8-9,11,14,17-18,22,27H,7,10,12-13,15-16H2,1-5H3,(H,31,33)(H,28,29,30). The van der Waals surface area contributed by atoms with Crippen LogP contribution in [-0.4, -0.2) is 54.0 Å². The maximum absolute atomic E-state index is 13.0. The van der Waals surface area contributed by atoms with Crippen molar-refractivity contribution in [2.24, 2.45) is 16.7 Å². The molecule has 4 rings (SSSR count). The number of aromatic nitrogens is 2. The molecule has 3 N–H and O–H groups in total. The van der Waals surface area contributed by atoms with Gasteiger partial charge in [0.25, 0.3) is 5.91 Å². The SMILES string of the molecule is CN(C)CCCNc1cccc(Nc2nccc(C(=O)NC3CC4CCC3(C)C4(C)C)n2)c1. The van der Waals surface area contributed by atoms with E-state index in [-0.39, 0.29) is 22.8 Å². The molecule has 0 radical (unpaired) electrons. The van der Waals surface area contributed by atoms with E-state index in [0.29, 0.717) is 17.6 Å². The molecule has 0 aliphatic heterocycles. The Balaban J connectivity index is 1.37. The van der Waals surface area contributed by atoms with Crippen LogP contribution in [0.25, 0.3) is 0 Å². The van der Waals surface area contributed by atoms with Gasteiger partial charge >= 0.3 is 0 Å². The van der Waals surface area contributed by atoms with Crippen LogP contribution in [0.3, 0.4) is 0 Å². The Hall–Kier alpha value is -2.67. The van der Waals surface area contributed by atoms with E-state index in [2.05, 4.69) is 65.7 Å². The lowest BCUT2D eigenvalue weighted by Crippen LogP contribution is -2.47. The predicted octanol–water partition coefficient (Wildman–Crippen LogP) is 4.53. The molecule has 3 atom stereocenters. The van der Waals surface area contributed by atoms with Crippen LogP contribution < -0.4 is 16.0 Å². The van der Waals surface area contributed by atoms with Gasteiger partial charge in [0.05, 0.1) is 0 Å². The van der Waals surface area contributed by atoms with Gasteiger partial charge in [-0.1, -0.05) is 26.8 Å². The molecule has 2 aromatic rings. The van der Waals surface area contributed by atoms with Crippen molar-refractivity contribution in [1.82, 2.24) is 20.2 Å². The monoisotopic (exact) mass is 450 g/mol. The van der Waals surface area contributed by atoms with Crippen LogP contribution in [-0.2, 0) is 0 Å². The zero-order chi connectivity index (χ0) is 23.6. The molecule has 0 saturated heterocycles. The van der Waals surface area contributed by atoms with E-state index in [9.17, 15) is 4.79 Å². The highest BCUT2D eigenvalue weighted by atomic mass is 16.2. The quantitative estimate of drug-likeness (QED) is 0.487. The van der Waals surface area contributed by atoms with Crippen molar-refractivity contribution in [3.8, 4) is 0 Å². The first-order valence-electron chi connectivity index (χ1n) is 12.1. The maximum atomic E-state index is 13.0. The number of rotatable bonds is 9.